The van der Waals surface area contributed by atoms with E-state index in [1.165, 1.54) is 10.4 Å². The third kappa shape index (κ3) is 5.16. The number of thiophene rings is 1. The minimum Gasteiger partial charge on any atom is -0.355 e. The fraction of sp³-hybridized carbons (Fsp3) is 0.500. The molecule has 0 fully saturated rings. The maximum absolute atomic E-state index is 11.1. The predicted molar refractivity (Wildman–Crippen MR) is 66.9 cm³/mol. The number of rotatable bonds is 5. The Hall–Kier alpha value is -0.580. The van der Waals surface area contributed by atoms with Crippen LogP contribution in [-0.4, -0.2) is 26.0 Å². The molecule has 3 nitrogen and oxygen atoms in total. The zero-order valence-corrected chi connectivity index (χ0v) is 10.6. The standard InChI is InChI=1S/C10H16N2OS.ClH/c1-8-4-6-14-9(8)3-5-12-10(13)7-11-2;/h4,6,11H,3,5,7H2,1-2H3,(H,12,13);1H. The molecule has 86 valence electrons. The van der Waals surface area contributed by atoms with Crippen molar-refractivity contribution >= 4 is 29.7 Å². The molecule has 0 saturated carbocycles. The van der Waals surface area contributed by atoms with E-state index in [0.29, 0.717) is 6.54 Å². The van der Waals surface area contributed by atoms with E-state index in [2.05, 4.69) is 29.0 Å². The van der Waals surface area contributed by atoms with Crippen LogP contribution in [0.3, 0.4) is 0 Å². The van der Waals surface area contributed by atoms with Crippen LogP contribution >= 0.6 is 23.7 Å². The van der Waals surface area contributed by atoms with Crippen LogP contribution in [0.4, 0.5) is 0 Å². The van der Waals surface area contributed by atoms with Crippen molar-refractivity contribution in [2.45, 2.75) is 13.3 Å². The summed E-state index contributed by atoms with van der Waals surface area (Å²) in [5, 5.41) is 7.75. The van der Waals surface area contributed by atoms with Gasteiger partial charge in [-0.05, 0) is 37.4 Å². The maximum atomic E-state index is 11.1. The molecule has 0 aliphatic heterocycles. The molecule has 1 amide bonds. The van der Waals surface area contributed by atoms with Crippen molar-refractivity contribution < 1.29 is 4.79 Å². The summed E-state index contributed by atoms with van der Waals surface area (Å²) in [4.78, 5) is 12.4. The van der Waals surface area contributed by atoms with Gasteiger partial charge < -0.3 is 10.6 Å². The lowest BCUT2D eigenvalue weighted by molar-refractivity contribution is -0.120. The van der Waals surface area contributed by atoms with Crippen LogP contribution < -0.4 is 10.6 Å². The molecule has 0 saturated heterocycles. The predicted octanol–water partition coefficient (Wildman–Crippen LogP) is 1.36. The summed E-state index contributed by atoms with van der Waals surface area (Å²) in [6, 6.07) is 2.11. The second-order valence-electron chi connectivity index (χ2n) is 3.16. The number of amides is 1. The Kier molecular flexibility index (Phi) is 7.38. The molecule has 5 heteroatoms. The van der Waals surface area contributed by atoms with Gasteiger partial charge in [0.25, 0.3) is 0 Å². The number of hydrogen-bond donors (Lipinski definition) is 2. The summed E-state index contributed by atoms with van der Waals surface area (Å²) in [5.41, 5.74) is 1.32. The quantitative estimate of drug-likeness (QED) is 0.826. The fourth-order valence-electron chi connectivity index (χ4n) is 1.20. The molecule has 1 heterocycles. The van der Waals surface area contributed by atoms with Gasteiger partial charge in [-0.15, -0.1) is 23.7 Å². The third-order valence-corrected chi connectivity index (χ3v) is 3.06. The zero-order chi connectivity index (χ0) is 10.4. The summed E-state index contributed by atoms with van der Waals surface area (Å²) in [6.45, 7) is 3.21. The Morgan fingerprint density at radius 1 is 1.53 bits per heavy atom. The summed E-state index contributed by atoms with van der Waals surface area (Å²) < 4.78 is 0. The van der Waals surface area contributed by atoms with E-state index >= 15 is 0 Å². The van der Waals surface area contributed by atoms with Crippen molar-refractivity contribution in [2.24, 2.45) is 0 Å². The van der Waals surface area contributed by atoms with Crippen LogP contribution in [0.15, 0.2) is 11.4 Å². The number of nitrogens with one attached hydrogen (secondary N) is 2. The number of likely N-dealkylation sites (N-methyl/N-ethyl adjacent to an activating group) is 1. The Labute approximate surface area is 101 Å². The van der Waals surface area contributed by atoms with Crippen LogP contribution in [-0.2, 0) is 11.2 Å². The fourth-order valence-corrected chi connectivity index (χ4v) is 2.11. The normalized spacial score (nSPS) is 9.47. The van der Waals surface area contributed by atoms with Gasteiger partial charge in [-0.3, -0.25) is 4.79 Å². The second-order valence-corrected chi connectivity index (χ2v) is 4.16. The smallest absolute Gasteiger partial charge is 0.233 e. The maximum Gasteiger partial charge on any atom is 0.233 e. The van der Waals surface area contributed by atoms with Crippen LogP contribution in [0.25, 0.3) is 0 Å². The lowest BCUT2D eigenvalue weighted by atomic mass is 10.2. The number of halogens is 1. The SMILES string of the molecule is CNCC(=O)NCCc1sccc1C.Cl. The molecule has 0 unspecified atom stereocenters. The molecule has 0 aliphatic carbocycles. The average molecular weight is 249 g/mol. The van der Waals surface area contributed by atoms with Crippen LogP contribution in [0, 0.1) is 6.92 Å². The molecular formula is C10H17ClN2OS. The van der Waals surface area contributed by atoms with E-state index in [4.69, 9.17) is 0 Å². The second kappa shape index (κ2) is 7.68. The highest BCUT2D eigenvalue weighted by Crippen LogP contribution is 2.15. The lowest BCUT2D eigenvalue weighted by Gasteiger charge is -2.03. The highest BCUT2D eigenvalue weighted by Gasteiger charge is 2.01. The first-order valence-electron chi connectivity index (χ1n) is 4.68. The molecule has 0 aliphatic rings. The summed E-state index contributed by atoms with van der Waals surface area (Å²) in [6.07, 6.45) is 0.930. The first-order valence-corrected chi connectivity index (χ1v) is 5.56. The summed E-state index contributed by atoms with van der Waals surface area (Å²) in [5.74, 6) is 0.0571. The molecular weight excluding hydrogens is 232 g/mol. The Balaban J connectivity index is 0.00000196. The minimum absolute atomic E-state index is 0. The van der Waals surface area contributed by atoms with E-state index in [9.17, 15) is 4.79 Å². The van der Waals surface area contributed by atoms with Gasteiger partial charge in [-0.25, -0.2) is 0 Å². The molecule has 15 heavy (non-hydrogen) atoms. The van der Waals surface area contributed by atoms with Gasteiger partial charge in [0, 0.05) is 11.4 Å². The van der Waals surface area contributed by atoms with E-state index in [1.807, 2.05) is 0 Å². The van der Waals surface area contributed by atoms with Crippen LogP contribution in [0.2, 0.25) is 0 Å². The lowest BCUT2D eigenvalue weighted by Crippen LogP contribution is -2.33. The van der Waals surface area contributed by atoms with Crippen LogP contribution in [0.1, 0.15) is 10.4 Å². The van der Waals surface area contributed by atoms with Crippen LogP contribution in [0.5, 0.6) is 0 Å². The molecule has 0 spiro atoms. The van der Waals surface area contributed by atoms with Gasteiger partial charge >= 0.3 is 0 Å². The van der Waals surface area contributed by atoms with Crippen molar-refractivity contribution in [3.05, 3.63) is 21.9 Å². The topological polar surface area (TPSA) is 41.1 Å². The first kappa shape index (κ1) is 14.4. The zero-order valence-electron chi connectivity index (χ0n) is 9.00. The van der Waals surface area contributed by atoms with E-state index in [0.717, 1.165) is 13.0 Å². The summed E-state index contributed by atoms with van der Waals surface area (Å²) in [7, 11) is 1.77. The van der Waals surface area contributed by atoms with Crippen molar-refractivity contribution in [3.63, 3.8) is 0 Å². The molecule has 0 bridgehead atoms. The van der Waals surface area contributed by atoms with Gasteiger partial charge in [-0.2, -0.15) is 0 Å². The van der Waals surface area contributed by atoms with Crippen molar-refractivity contribution in [2.75, 3.05) is 20.1 Å². The van der Waals surface area contributed by atoms with E-state index in [-0.39, 0.29) is 18.3 Å². The van der Waals surface area contributed by atoms with E-state index < -0.39 is 0 Å². The highest BCUT2D eigenvalue weighted by molar-refractivity contribution is 7.10. The Morgan fingerprint density at radius 2 is 2.27 bits per heavy atom. The molecule has 0 atom stereocenters. The van der Waals surface area contributed by atoms with Gasteiger partial charge in [0.15, 0.2) is 0 Å². The van der Waals surface area contributed by atoms with Gasteiger partial charge in [0.2, 0.25) is 5.91 Å². The van der Waals surface area contributed by atoms with Gasteiger partial charge in [0.05, 0.1) is 6.54 Å². The first-order chi connectivity index (χ1) is 6.74. The van der Waals surface area contributed by atoms with Crippen molar-refractivity contribution in [3.8, 4) is 0 Å². The minimum atomic E-state index is 0. The molecule has 0 radical (unpaired) electrons. The van der Waals surface area contributed by atoms with Gasteiger partial charge in [-0.1, -0.05) is 0 Å². The van der Waals surface area contributed by atoms with E-state index in [1.54, 1.807) is 18.4 Å². The largest absolute Gasteiger partial charge is 0.355 e. The molecule has 1 rings (SSSR count). The highest BCUT2D eigenvalue weighted by atomic mass is 35.5. The molecule has 1 aromatic heterocycles. The summed E-state index contributed by atoms with van der Waals surface area (Å²) >= 11 is 1.75. The average Bonchev–Trinajstić information content (AvgIpc) is 2.52. The Morgan fingerprint density at radius 3 is 2.80 bits per heavy atom. The number of carbonyl (C=O) groups is 1. The van der Waals surface area contributed by atoms with Gasteiger partial charge in [0.1, 0.15) is 0 Å². The number of carbonyl (C=O) groups excluding carboxylic acids is 1. The molecule has 2 N–H and O–H groups in total. The monoisotopic (exact) mass is 248 g/mol. The Bertz CT molecular complexity index is 301. The molecule has 1 aromatic rings. The van der Waals surface area contributed by atoms with Crippen molar-refractivity contribution in [1.82, 2.24) is 10.6 Å². The molecule has 0 aromatic carbocycles. The van der Waals surface area contributed by atoms with Crippen molar-refractivity contribution in [1.29, 1.82) is 0 Å². The number of aryl methyl sites for hydroxylation is 1. The third-order valence-electron chi connectivity index (χ3n) is 1.98. The number of hydrogen-bond acceptors (Lipinski definition) is 3.